The minimum Gasteiger partial charge on any atom is -0.240 e. The predicted octanol–water partition coefficient (Wildman–Crippen LogP) is 2.83. The van der Waals surface area contributed by atoms with Crippen molar-refractivity contribution >= 4 is 10.8 Å². The van der Waals surface area contributed by atoms with Crippen LogP contribution in [0.2, 0.25) is 0 Å². The van der Waals surface area contributed by atoms with E-state index >= 15 is 0 Å². The van der Waals surface area contributed by atoms with Crippen molar-refractivity contribution in [1.82, 2.24) is 9.78 Å². The van der Waals surface area contributed by atoms with Gasteiger partial charge >= 0.3 is 0 Å². The number of nitrogens with zero attached hydrogens (tertiary/aromatic N) is 2. The van der Waals surface area contributed by atoms with Gasteiger partial charge in [-0.2, -0.15) is 5.10 Å². The topological polar surface area (TPSA) is 17.8 Å². The number of hydrogen-bond donors (Lipinski definition) is 0. The zero-order valence-electron chi connectivity index (χ0n) is 8.09. The highest BCUT2D eigenvalue weighted by Gasteiger charge is 2.01. The van der Waals surface area contributed by atoms with Crippen molar-refractivity contribution in [3.8, 4) is 5.69 Å². The fraction of sp³-hybridized carbons (Fsp3) is 0. The van der Waals surface area contributed by atoms with Crippen LogP contribution in [0.25, 0.3) is 16.5 Å². The van der Waals surface area contributed by atoms with Crippen molar-refractivity contribution in [2.75, 3.05) is 0 Å². The lowest BCUT2D eigenvalue weighted by Crippen LogP contribution is -1.94. The zero-order chi connectivity index (χ0) is 10.1. The average Bonchev–Trinajstić information content (AvgIpc) is 2.82. The van der Waals surface area contributed by atoms with E-state index in [-0.39, 0.29) is 0 Å². The second-order valence-electron chi connectivity index (χ2n) is 3.36. The number of rotatable bonds is 1. The van der Waals surface area contributed by atoms with Crippen molar-refractivity contribution in [3.63, 3.8) is 0 Å². The normalized spacial score (nSPS) is 10.7. The molecule has 0 aliphatic heterocycles. The van der Waals surface area contributed by atoms with Crippen molar-refractivity contribution < 1.29 is 0 Å². The maximum Gasteiger partial charge on any atom is 0.0724 e. The third-order valence-corrected chi connectivity index (χ3v) is 2.43. The Kier molecular flexibility index (Phi) is 1.78. The molecule has 0 N–H and O–H groups in total. The molecule has 1 radical (unpaired) electrons. The minimum atomic E-state index is 1.09. The molecule has 2 nitrogen and oxygen atoms in total. The summed E-state index contributed by atoms with van der Waals surface area (Å²) in [6.45, 7) is 0. The lowest BCUT2D eigenvalue weighted by molar-refractivity contribution is 0.888. The van der Waals surface area contributed by atoms with Crippen LogP contribution in [0.3, 0.4) is 0 Å². The van der Waals surface area contributed by atoms with Gasteiger partial charge in [-0.05, 0) is 23.6 Å². The fourth-order valence-corrected chi connectivity index (χ4v) is 1.74. The molecule has 1 heterocycles. The molecule has 0 aliphatic rings. The number of benzene rings is 2. The lowest BCUT2D eigenvalue weighted by atomic mass is 10.1. The van der Waals surface area contributed by atoms with E-state index < -0.39 is 0 Å². The third kappa shape index (κ3) is 1.31. The molecular formula is C13H9N2. The molecule has 3 aromatic rings. The van der Waals surface area contributed by atoms with Crippen LogP contribution < -0.4 is 0 Å². The Morgan fingerprint density at radius 2 is 2.00 bits per heavy atom. The van der Waals surface area contributed by atoms with E-state index in [9.17, 15) is 0 Å². The van der Waals surface area contributed by atoms with Gasteiger partial charge in [0.15, 0.2) is 0 Å². The van der Waals surface area contributed by atoms with E-state index in [0.717, 1.165) is 11.1 Å². The van der Waals surface area contributed by atoms with Gasteiger partial charge in [-0.25, -0.2) is 4.68 Å². The van der Waals surface area contributed by atoms with Crippen LogP contribution in [0.15, 0.2) is 54.9 Å². The van der Waals surface area contributed by atoms with E-state index in [1.54, 1.807) is 6.20 Å². The molecule has 0 unspecified atom stereocenters. The Morgan fingerprint density at radius 1 is 1.07 bits per heavy atom. The van der Waals surface area contributed by atoms with Gasteiger partial charge in [-0.1, -0.05) is 30.3 Å². The molecule has 0 spiro atoms. The first-order valence-corrected chi connectivity index (χ1v) is 4.84. The molecule has 1 aromatic heterocycles. The van der Waals surface area contributed by atoms with Gasteiger partial charge in [0.1, 0.15) is 0 Å². The molecule has 0 saturated heterocycles. The highest BCUT2D eigenvalue weighted by Crippen LogP contribution is 2.20. The molecule has 0 saturated carbocycles. The largest absolute Gasteiger partial charge is 0.240 e. The summed E-state index contributed by atoms with van der Waals surface area (Å²) in [6.07, 6.45) is 3.73. The second-order valence-corrected chi connectivity index (χ2v) is 3.36. The van der Waals surface area contributed by atoms with Gasteiger partial charge in [0.2, 0.25) is 0 Å². The van der Waals surface area contributed by atoms with Gasteiger partial charge in [-0.15, -0.1) is 0 Å². The highest BCUT2D eigenvalue weighted by atomic mass is 15.3. The van der Waals surface area contributed by atoms with E-state index in [1.165, 1.54) is 5.39 Å². The molecule has 0 aliphatic carbocycles. The maximum absolute atomic E-state index is 4.24. The van der Waals surface area contributed by atoms with Gasteiger partial charge < -0.3 is 0 Å². The zero-order valence-corrected chi connectivity index (χ0v) is 8.09. The van der Waals surface area contributed by atoms with Crippen molar-refractivity contribution in [2.45, 2.75) is 0 Å². The Labute approximate surface area is 87.8 Å². The molecule has 0 amide bonds. The molecule has 2 heteroatoms. The standard InChI is InChI=1S/C13H9N2/c1-2-7-12-11(5-1)6-3-8-13(12)15-10-4-9-14-15/h1-5,7-10H. The minimum absolute atomic E-state index is 1.09. The summed E-state index contributed by atoms with van der Waals surface area (Å²) in [6, 6.07) is 17.3. The summed E-state index contributed by atoms with van der Waals surface area (Å²) in [5.41, 5.74) is 1.09. The highest BCUT2D eigenvalue weighted by molar-refractivity contribution is 5.89. The van der Waals surface area contributed by atoms with E-state index in [2.05, 4.69) is 23.3 Å². The van der Waals surface area contributed by atoms with E-state index in [0.29, 0.717) is 0 Å². The van der Waals surface area contributed by atoms with Crippen LogP contribution in [-0.2, 0) is 0 Å². The van der Waals surface area contributed by atoms with Crippen LogP contribution in [0, 0.1) is 6.07 Å². The average molecular weight is 193 g/mol. The van der Waals surface area contributed by atoms with Crippen molar-refractivity contribution in [1.29, 1.82) is 0 Å². The van der Waals surface area contributed by atoms with E-state index in [4.69, 9.17) is 0 Å². The molecule has 3 rings (SSSR count). The summed E-state index contributed by atoms with van der Waals surface area (Å²) in [5.74, 6) is 0. The molecule has 0 bridgehead atoms. The summed E-state index contributed by atoms with van der Waals surface area (Å²) in [4.78, 5) is 0. The van der Waals surface area contributed by atoms with Crippen molar-refractivity contribution in [2.24, 2.45) is 0 Å². The van der Waals surface area contributed by atoms with Gasteiger partial charge in [0, 0.05) is 17.8 Å². The number of aromatic nitrogens is 2. The Hall–Kier alpha value is -2.09. The molecule has 71 valence electrons. The number of fused-ring (bicyclic) bond motifs is 1. The second kappa shape index (κ2) is 3.24. The summed E-state index contributed by atoms with van der Waals surface area (Å²) < 4.78 is 1.87. The molecular weight excluding hydrogens is 184 g/mol. The van der Waals surface area contributed by atoms with Crippen LogP contribution in [0.4, 0.5) is 0 Å². The molecule has 15 heavy (non-hydrogen) atoms. The summed E-state index contributed by atoms with van der Waals surface area (Å²) in [5, 5.41) is 6.53. The van der Waals surface area contributed by atoms with Gasteiger partial charge in [-0.3, -0.25) is 0 Å². The van der Waals surface area contributed by atoms with Crippen molar-refractivity contribution in [3.05, 3.63) is 60.9 Å². The predicted molar refractivity (Wildman–Crippen MR) is 59.9 cm³/mol. The monoisotopic (exact) mass is 193 g/mol. The molecule has 0 atom stereocenters. The first kappa shape index (κ1) is 8.24. The Balaban J connectivity index is 2.36. The molecule has 2 aromatic carbocycles. The van der Waals surface area contributed by atoms with Gasteiger partial charge in [0.05, 0.1) is 5.69 Å². The van der Waals surface area contributed by atoms with E-state index in [1.807, 2.05) is 41.2 Å². The Bertz CT molecular complexity index is 577. The first-order valence-electron chi connectivity index (χ1n) is 4.84. The quantitative estimate of drug-likeness (QED) is 0.581. The first-order chi connectivity index (χ1) is 7.45. The maximum atomic E-state index is 4.24. The smallest absolute Gasteiger partial charge is 0.0724 e. The summed E-state index contributed by atoms with van der Waals surface area (Å²) in [7, 11) is 0. The Morgan fingerprint density at radius 3 is 2.87 bits per heavy atom. The van der Waals surface area contributed by atoms with Crippen LogP contribution in [0.5, 0.6) is 0 Å². The van der Waals surface area contributed by atoms with Crippen LogP contribution >= 0.6 is 0 Å². The lowest BCUT2D eigenvalue weighted by Gasteiger charge is -2.05. The number of hydrogen-bond acceptors (Lipinski definition) is 1. The molecule has 0 fully saturated rings. The fourth-order valence-electron chi connectivity index (χ4n) is 1.74. The van der Waals surface area contributed by atoms with Gasteiger partial charge in [0.25, 0.3) is 0 Å². The third-order valence-electron chi connectivity index (χ3n) is 2.43. The summed E-state index contributed by atoms with van der Waals surface area (Å²) >= 11 is 0. The SMILES string of the molecule is [c]1ccc(-n2cccn2)c2ccccc12. The van der Waals surface area contributed by atoms with Crippen LogP contribution in [-0.4, -0.2) is 9.78 Å². The van der Waals surface area contributed by atoms with Crippen LogP contribution in [0.1, 0.15) is 0 Å².